The van der Waals surface area contributed by atoms with Gasteiger partial charge in [-0.15, -0.1) is 0 Å². The van der Waals surface area contributed by atoms with Gasteiger partial charge in [0.15, 0.2) is 0 Å². The first-order valence-corrected chi connectivity index (χ1v) is 13.9. The van der Waals surface area contributed by atoms with E-state index in [1.807, 2.05) is 31.2 Å². The van der Waals surface area contributed by atoms with E-state index in [1.165, 1.54) is 42.3 Å². The summed E-state index contributed by atoms with van der Waals surface area (Å²) >= 11 is 12.6. The number of sulfonamides is 1. The number of benzene rings is 3. The smallest absolute Gasteiger partial charge is 0.264 e. The van der Waals surface area contributed by atoms with Gasteiger partial charge < -0.3 is 10.2 Å². The average Bonchev–Trinajstić information content (AvgIpc) is 2.89. The second-order valence-corrected chi connectivity index (χ2v) is 11.2. The summed E-state index contributed by atoms with van der Waals surface area (Å²) in [6, 6.07) is 18.9. The monoisotopic (exact) mass is 561 g/mol. The lowest BCUT2D eigenvalue weighted by molar-refractivity contribution is -0.140. The van der Waals surface area contributed by atoms with E-state index in [-0.39, 0.29) is 33.1 Å². The fourth-order valence-electron chi connectivity index (χ4n) is 3.89. The van der Waals surface area contributed by atoms with Crippen LogP contribution >= 0.6 is 23.2 Å². The van der Waals surface area contributed by atoms with Gasteiger partial charge in [0.2, 0.25) is 11.8 Å². The summed E-state index contributed by atoms with van der Waals surface area (Å²) in [6.07, 6.45) is 0.334. The molecule has 3 aromatic rings. The van der Waals surface area contributed by atoms with Crippen LogP contribution in [-0.2, 0) is 26.2 Å². The number of nitrogens with zero attached hydrogens (tertiary/aromatic N) is 2. The summed E-state index contributed by atoms with van der Waals surface area (Å²) in [4.78, 5) is 28.0. The highest BCUT2D eigenvalue weighted by atomic mass is 35.5. The third-order valence-corrected chi connectivity index (χ3v) is 8.22. The standard InChI is InChI=1S/C27H29Cl2N3O4S/c1-4-24(27(34)30-3)31(17-20-12-10-19(2)11-13-20)26(33)18-32(25-16-21(28)14-15-23(25)29)37(35,36)22-8-6-5-7-9-22/h5-16,24H,4,17-18H2,1-3H3,(H,30,34)/t24-/m1/s1. The van der Waals surface area contributed by atoms with Crippen LogP contribution in [0.5, 0.6) is 0 Å². The molecule has 37 heavy (non-hydrogen) atoms. The minimum absolute atomic E-state index is 0.0118. The number of likely N-dealkylation sites (N-methyl/N-ethyl adjacent to an activating group) is 1. The zero-order chi connectivity index (χ0) is 27.2. The molecule has 0 aromatic heterocycles. The molecule has 7 nitrogen and oxygen atoms in total. The minimum atomic E-state index is -4.22. The van der Waals surface area contributed by atoms with Crippen molar-refractivity contribution in [2.24, 2.45) is 0 Å². The third kappa shape index (κ3) is 6.83. The first kappa shape index (κ1) is 28.5. The first-order valence-electron chi connectivity index (χ1n) is 11.7. The van der Waals surface area contributed by atoms with Crippen molar-refractivity contribution in [3.8, 4) is 0 Å². The van der Waals surface area contributed by atoms with Gasteiger partial charge >= 0.3 is 0 Å². The summed E-state index contributed by atoms with van der Waals surface area (Å²) in [7, 11) is -2.72. The maximum absolute atomic E-state index is 13.9. The van der Waals surface area contributed by atoms with E-state index in [0.717, 1.165) is 15.4 Å². The van der Waals surface area contributed by atoms with Crippen molar-refractivity contribution in [1.82, 2.24) is 10.2 Å². The minimum Gasteiger partial charge on any atom is -0.357 e. The Morgan fingerprint density at radius 3 is 2.22 bits per heavy atom. The van der Waals surface area contributed by atoms with Crippen LogP contribution in [0.25, 0.3) is 0 Å². The second-order valence-electron chi connectivity index (χ2n) is 8.47. The van der Waals surface area contributed by atoms with Crippen LogP contribution in [0.4, 0.5) is 5.69 Å². The number of nitrogens with one attached hydrogen (secondary N) is 1. The topological polar surface area (TPSA) is 86.8 Å². The lowest BCUT2D eigenvalue weighted by Gasteiger charge is -2.33. The molecule has 0 unspecified atom stereocenters. The molecule has 3 rings (SSSR count). The number of aryl methyl sites for hydroxylation is 1. The Labute approximate surface area is 228 Å². The molecule has 0 aliphatic carbocycles. The van der Waals surface area contributed by atoms with Gasteiger partial charge in [-0.25, -0.2) is 8.42 Å². The molecular weight excluding hydrogens is 533 g/mol. The van der Waals surface area contributed by atoms with Crippen molar-refractivity contribution in [1.29, 1.82) is 0 Å². The number of anilines is 1. The van der Waals surface area contributed by atoms with Gasteiger partial charge in [0, 0.05) is 18.6 Å². The van der Waals surface area contributed by atoms with Gasteiger partial charge in [-0.3, -0.25) is 13.9 Å². The maximum Gasteiger partial charge on any atom is 0.264 e. The molecule has 0 spiro atoms. The molecule has 196 valence electrons. The van der Waals surface area contributed by atoms with E-state index in [9.17, 15) is 18.0 Å². The molecule has 1 atom stereocenters. The number of halogens is 2. The predicted molar refractivity (Wildman–Crippen MR) is 147 cm³/mol. The molecule has 1 N–H and O–H groups in total. The van der Waals surface area contributed by atoms with Crippen LogP contribution in [0.3, 0.4) is 0 Å². The molecular formula is C27H29Cl2N3O4S. The van der Waals surface area contributed by atoms with Crippen LogP contribution in [0.2, 0.25) is 10.0 Å². The van der Waals surface area contributed by atoms with Gasteiger partial charge in [0.05, 0.1) is 15.6 Å². The van der Waals surface area contributed by atoms with Gasteiger partial charge in [0.1, 0.15) is 12.6 Å². The van der Waals surface area contributed by atoms with Crippen molar-refractivity contribution in [2.45, 2.75) is 37.8 Å². The third-order valence-electron chi connectivity index (χ3n) is 5.89. The number of hydrogen-bond donors (Lipinski definition) is 1. The first-order chi connectivity index (χ1) is 17.6. The van der Waals surface area contributed by atoms with Crippen molar-refractivity contribution in [3.63, 3.8) is 0 Å². The number of carbonyl (C=O) groups is 2. The van der Waals surface area contributed by atoms with E-state index in [4.69, 9.17) is 23.2 Å². The maximum atomic E-state index is 13.9. The van der Waals surface area contributed by atoms with Gasteiger partial charge in [-0.05, 0) is 49.2 Å². The number of carbonyl (C=O) groups excluding carboxylic acids is 2. The predicted octanol–water partition coefficient (Wildman–Crippen LogP) is 5.05. The van der Waals surface area contributed by atoms with E-state index >= 15 is 0 Å². The van der Waals surface area contributed by atoms with Crippen LogP contribution in [0.15, 0.2) is 77.7 Å². The Morgan fingerprint density at radius 2 is 1.62 bits per heavy atom. The molecule has 0 saturated heterocycles. The number of amides is 2. The molecule has 0 bridgehead atoms. The zero-order valence-electron chi connectivity index (χ0n) is 20.8. The summed E-state index contributed by atoms with van der Waals surface area (Å²) in [5.74, 6) is -0.909. The van der Waals surface area contributed by atoms with E-state index in [2.05, 4.69) is 5.32 Å². The molecule has 0 aliphatic heterocycles. The summed E-state index contributed by atoms with van der Waals surface area (Å²) in [5.41, 5.74) is 1.92. The van der Waals surface area contributed by atoms with Gasteiger partial charge in [-0.2, -0.15) is 0 Å². The highest BCUT2D eigenvalue weighted by Gasteiger charge is 2.34. The van der Waals surface area contributed by atoms with Gasteiger partial charge in [-0.1, -0.05) is 78.2 Å². The normalized spacial score (nSPS) is 12.0. The Bertz CT molecular complexity index is 1350. The number of rotatable bonds is 10. The molecule has 3 aromatic carbocycles. The van der Waals surface area contributed by atoms with Crippen molar-refractivity contribution < 1.29 is 18.0 Å². The Morgan fingerprint density at radius 1 is 0.973 bits per heavy atom. The summed E-state index contributed by atoms with van der Waals surface area (Å²) < 4.78 is 28.4. The Balaban J connectivity index is 2.09. The number of hydrogen-bond acceptors (Lipinski definition) is 4. The van der Waals surface area contributed by atoms with Crippen LogP contribution in [0.1, 0.15) is 24.5 Å². The Kier molecular flexibility index (Phi) is 9.59. The quantitative estimate of drug-likeness (QED) is 0.375. The van der Waals surface area contributed by atoms with Crippen LogP contribution in [0, 0.1) is 6.92 Å². The fourth-order valence-corrected chi connectivity index (χ4v) is 5.77. The second kappa shape index (κ2) is 12.4. The highest BCUT2D eigenvalue weighted by Crippen LogP contribution is 2.33. The molecule has 2 amide bonds. The average molecular weight is 563 g/mol. The molecule has 0 saturated carbocycles. The molecule has 0 radical (unpaired) electrons. The zero-order valence-corrected chi connectivity index (χ0v) is 23.1. The molecule has 0 aliphatic rings. The van der Waals surface area contributed by atoms with E-state index < -0.39 is 28.5 Å². The lowest BCUT2D eigenvalue weighted by atomic mass is 10.1. The SMILES string of the molecule is CC[C@H](C(=O)NC)N(Cc1ccc(C)cc1)C(=O)CN(c1cc(Cl)ccc1Cl)S(=O)(=O)c1ccccc1. The summed E-state index contributed by atoms with van der Waals surface area (Å²) in [6.45, 7) is 3.28. The summed E-state index contributed by atoms with van der Waals surface area (Å²) in [5, 5.41) is 2.97. The van der Waals surface area contributed by atoms with Crippen LogP contribution < -0.4 is 9.62 Å². The van der Waals surface area contributed by atoms with Gasteiger partial charge in [0.25, 0.3) is 10.0 Å². The van der Waals surface area contributed by atoms with Crippen molar-refractivity contribution in [2.75, 3.05) is 17.9 Å². The molecule has 10 heteroatoms. The van der Waals surface area contributed by atoms with Crippen molar-refractivity contribution >= 4 is 50.7 Å². The highest BCUT2D eigenvalue weighted by molar-refractivity contribution is 7.92. The van der Waals surface area contributed by atoms with Crippen LogP contribution in [-0.4, -0.2) is 44.8 Å². The fraction of sp³-hybridized carbons (Fsp3) is 0.259. The Hall–Kier alpha value is -3.07. The van der Waals surface area contributed by atoms with E-state index in [1.54, 1.807) is 25.1 Å². The van der Waals surface area contributed by atoms with E-state index in [0.29, 0.717) is 6.42 Å². The molecule has 0 fully saturated rings. The largest absolute Gasteiger partial charge is 0.357 e. The molecule has 0 heterocycles. The lowest BCUT2D eigenvalue weighted by Crippen LogP contribution is -2.51. The van der Waals surface area contributed by atoms with Crippen molar-refractivity contribution in [3.05, 3.63) is 94.0 Å².